The Bertz CT molecular complexity index is 849. The average Bonchev–Trinajstić information content (AvgIpc) is 2.75. The van der Waals surface area contributed by atoms with E-state index in [9.17, 15) is 9.59 Å². The number of amides is 2. The fourth-order valence-corrected chi connectivity index (χ4v) is 3.30. The molecule has 1 N–H and O–H groups in total. The van der Waals surface area contributed by atoms with Gasteiger partial charge in [-0.1, -0.05) is 18.2 Å². The third-order valence-electron chi connectivity index (χ3n) is 4.89. The second kappa shape index (κ2) is 10.1. The van der Waals surface area contributed by atoms with Crippen molar-refractivity contribution in [2.75, 3.05) is 50.8 Å². The van der Waals surface area contributed by atoms with Gasteiger partial charge in [0.1, 0.15) is 11.4 Å². The summed E-state index contributed by atoms with van der Waals surface area (Å²) in [5, 5.41) is 2.89. The number of rotatable bonds is 7. The number of anilines is 1. The lowest BCUT2D eigenvalue weighted by Gasteiger charge is -2.26. The van der Waals surface area contributed by atoms with E-state index in [1.54, 1.807) is 23.1 Å². The Kier molecular flexibility index (Phi) is 7.32. The maximum absolute atomic E-state index is 13.0. The highest BCUT2D eigenvalue weighted by Crippen LogP contribution is 2.18. The van der Waals surface area contributed by atoms with Gasteiger partial charge in [0, 0.05) is 38.4 Å². The molecule has 154 valence electrons. The van der Waals surface area contributed by atoms with E-state index < -0.39 is 0 Å². The predicted molar refractivity (Wildman–Crippen MR) is 112 cm³/mol. The summed E-state index contributed by atoms with van der Waals surface area (Å²) in [7, 11) is 0. The van der Waals surface area contributed by atoms with Crippen LogP contribution in [0.3, 0.4) is 0 Å². The first-order valence-electron chi connectivity index (χ1n) is 10.0. The molecule has 1 aromatic carbocycles. The van der Waals surface area contributed by atoms with Gasteiger partial charge in [-0.3, -0.25) is 14.5 Å². The maximum Gasteiger partial charge on any atom is 0.276 e. The number of carbonyl (C=O) groups is 2. The molecule has 0 atom stereocenters. The summed E-state index contributed by atoms with van der Waals surface area (Å²) in [5.41, 5.74) is 2.40. The molecule has 7 heteroatoms. The molecule has 2 aromatic rings. The van der Waals surface area contributed by atoms with Crippen molar-refractivity contribution in [1.29, 1.82) is 0 Å². The molecule has 0 bridgehead atoms. The number of nitrogens with zero attached hydrogens (tertiary/aromatic N) is 3. The van der Waals surface area contributed by atoms with Crippen molar-refractivity contribution in [3.63, 3.8) is 0 Å². The van der Waals surface area contributed by atoms with Gasteiger partial charge in [0.15, 0.2) is 0 Å². The quantitative estimate of drug-likeness (QED) is 0.776. The Morgan fingerprint density at radius 1 is 1.14 bits per heavy atom. The van der Waals surface area contributed by atoms with Gasteiger partial charge >= 0.3 is 0 Å². The molecule has 1 aliphatic heterocycles. The Labute approximate surface area is 171 Å². The minimum absolute atomic E-state index is 0.221. The van der Waals surface area contributed by atoms with Crippen LogP contribution in [0.15, 0.2) is 42.5 Å². The number of benzene rings is 1. The van der Waals surface area contributed by atoms with Crippen LogP contribution in [0.5, 0.6) is 0 Å². The molecule has 3 rings (SSSR count). The van der Waals surface area contributed by atoms with Crippen LogP contribution in [0.25, 0.3) is 0 Å². The maximum atomic E-state index is 13.0. The minimum Gasteiger partial charge on any atom is -0.379 e. The first-order chi connectivity index (χ1) is 14.1. The number of nitrogens with one attached hydrogen (secondary N) is 1. The first kappa shape index (κ1) is 21.0. The molecule has 1 aromatic heterocycles. The van der Waals surface area contributed by atoms with Crippen LogP contribution in [0, 0.1) is 6.92 Å². The lowest BCUT2D eigenvalue weighted by Crippen LogP contribution is -2.41. The topological polar surface area (TPSA) is 74.8 Å². The molecule has 0 spiro atoms. The second-order valence-electron chi connectivity index (χ2n) is 7.01. The SMILES string of the molecule is CCN(C(=O)c1cccc(C(=O)NCCN2CCOCC2)n1)c1cccc(C)c1. The molecule has 1 fully saturated rings. The number of aryl methyl sites for hydroxylation is 1. The van der Waals surface area contributed by atoms with Crippen molar-refractivity contribution in [2.45, 2.75) is 13.8 Å². The minimum atomic E-state index is -0.272. The van der Waals surface area contributed by atoms with Gasteiger partial charge in [0.2, 0.25) is 0 Å². The van der Waals surface area contributed by atoms with Crippen molar-refractivity contribution in [1.82, 2.24) is 15.2 Å². The summed E-state index contributed by atoms with van der Waals surface area (Å²) in [6, 6.07) is 12.7. The fourth-order valence-electron chi connectivity index (χ4n) is 3.30. The first-order valence-corrected chi connectivity index (χ1v) is 10.0. The van der Waals surface area contributed by atoms with Crippen LogP contribution in [0.4, 0.5) is 5.69 Å². The van der Waals surface area contributed by atoms with E-state index in [4.69, 9.17) is 4.74 Å². The Morgan fingerprint density at radius 3 is 2.59 bits per heavy atom. The molecule has 29 heavy (non-hydrogen) atoms. The number of hydrogen-bond acceptors (Lipinski definition) is 5. The van der Waals surface area contributed by atoms with Gasteiger partial charge in [-0.2, -0.15) is 0 Å². The van der Waals surface area contributed by atoms with Crippen LogP contribution in [-0.4, -0.2) is 67.6 Å². The zero-order valence-electron chi connectivity index (χ0n) is 17.1. The molecule has 0 unspecified atom stereocenters. The molecule has 0 radical (unpaired) electrons. The van der Waals surface area contributed by atoms with Gasteiger partial charge in [-0.25, -0.2) is 4.98 Å². The van der Waals surface area contributed by atoms with Crippen molar-refractivity contribution in [3.05, 3.63) is 59.4 Å². The number of aromatic nitrogens is 1. The normalized spacial score (nSPS) is 14.4. The van der Waals surface area contributed by atoms with Crippen LogP contribution >= 0.6 is 0 Å². The van der Waals surface area contributed by atoms with Crippen LogP contribution in [0.1, 0.15) is 33.5 Å². The highest BCUT2D eigenvalue weighted by molar-refractivity contribution is 6.05. The molecule has 1 saturated heterocycles. The highest BCUT2D eigenvalue weighted by Gasteiger charge is 2.19. The largest absolute Gasteiger partial charge is 0.379 e. The summed E-state index contributed by atoms with van der Waals surface area (Å²) in [6.07, 6.45) is 0. The summed E-state index contributed by atoms with van der Waals surface area (Å²) < 4.78 is 5.32. The van der Waals surface area contributed by atoms with Gasteiger partial charge in [-0.15, -0.1) is 0 Å². The third-order valence-corrected chi connectivity index (χ3v) is 4.89. The average molecular weight is 396 g/mol. The standard InChI is InChI=1S/C22H28N4O3/c1-3-26(18-7-4-6-17(2)16-18)22(28)20-9-5-8-19(24-20)21(27)23-10-11-25-12-14-29-15-13-25/h4-9,16H,3,10-15H2,1-2H3,(H,23,27). The van der Waals surface area contributed by atoms with Crippen LogP contribution in [0.2, 0.25) is 0 Å². The Hall–Kier alpha value is -2.77. The molecular formula is C22H28N4O3. The van der Waals surface area contributed by atoms with E-state index in [0.29, 0.717) is 13.1 Å². The van der Waals surface area contributed by atoms with E-state index in [1.165, 1.54) is 0 Å². The summed E-state index contributed by atoms with van der Waals surface area (Å²) in [6.45, 7) is 8.94. The number of ether oxygens (including phenoxy) is 1. The summed E-state index contributed by atoms with van der Waals surface area (Å²) in [5.74, 6) is -0.493. The van der Waals surface area contributed by atoms with Crippen molar-refractivity contribution >= 4 is 17.5 Å². The zero-order chi connectivity index (χ0) is 20.6. The van der Waals surface area contributed by atoms with Crippen LogP contribution in [-0.2, 0) is 4.74 Å². The molecule has 2 heterocycles. The number of morpholine rings is 1. The van der Waals surface area contributed by atoms with E-state index >= 15 is 0 Å². The summed E-state index contributed by atoms with van der Waals surface area (Å²) >= 11 is 0. The van der Waals surface area contributed by atoms with Crippen molar-refractivity contribution < 1.29 is 14.3 Å². The van der Waals surface area contributed by atoms with E-state index in [-0.39, 0.29) is 23.2 Å². The number of pyridine rings is 1. The summed E-state index contributed by atoms with van der Waals surface area (Å²) in [4.78, 5) is 33.7. The fraction of sp³-hybridized carbons (Fsp3) is 0.409. The smallest absolute Gasteiger partial charge is 0.276 e. The molecule has 2 amide bonds. The van der Waals surface area contributed by atoms with E-state index in [0.717, 1.165) is 44.1 Å². The van der Waals surface area contributed by atoms with E-state index in [2.05, 4.69) is 15.2 Å². The second-order valence-corrected chi connectivity index (χ2v) is 7.01. The lowest BCUT2D eigenvalue weighted by molar-refractivity contribution is 0.0383. The monoisotopic (exact) mass is 396 g/mol. The van der Waals surface area contributed by atoms with Crippen molar-refractivity contribution in [3.8, 4) is 0 Å². The van der Waals surface area contributed by atoms with E-state index in [1.807, 2.05) is 38.1 Å². The molecule has 0 aliphatic carbocycles. The zero-order valence-corrected chi connectivity index (χ0v) is 17.1. The predicted octanol–water partition coefficient (Wildman–Crippen LogP) is 2.12. The van der Waals surface area contributed by atoms with Gasteiger partial charge in [0.05, 0.1) is 13.2 Å². The molecule has 7 nitrogen and oxygen atoms in total. The molecular weight excluding hydrogens is 368 g/mol. The van der Waals surface area contributed by atoms with Crippen molar-refractivity contribution in [2.24, 2.45) is 0 Å². The van der Waals surface area contributed by atoms with Gasteiger partial charge < -0.3 is 15.0 Å². The van der Waals surface area contributed by atoms with Gasteiger partial charge in [-0.05, 0) is 43.7 Å². The number of carbonyl (C=O) groups excluding carboxylic acids is 2. The molecule has 0 saturated carbocycles. The van der Waals surface area contributed by atoms with Crippen LogP contribution < -0.4 is 10.2 Å². The lowest BCUT2D eigenvalue weighted by atomic mass is 10.2. The highest BCUT2D eigenvalue weighted by atomic mass is 16.5. The Balaban J connectivity index is 1.64. The number of hydrogen-bond donors (Lipinski definition) is 1. The molecule has 1 aliphatic rings. The third kappa shape index (κ3) is 5.62. The Morgan fingerprint density at radius 2 is 1.86 bits per heavy atom. The van der Waals surface area contributed by atoms with Gasteiger partial charge in [0.25, 0.3) is 11.8 Å².